The maximum Gasteiger partial charge on any atom is 0.332 e. The predicted molar refractivity (Wildman–Crippen MR) is 71.1 cm³/mol. The Labute approximate surface area is 115 Å². The number of rotatable bonds is 4. The largest absolute Gasteiger partial charge is 0.478 e. The Kier molecular flexibility index (Phi) is 3.86. The molecule has 1 aliphatic rings. The molecule has 1 aliphatic carbocycles. The number of aliphatic carboxylic acids is 1. The standard InChI is InChI=1S/C11H13ClN2O4S/c12-10-6-3-7-14(10)13-19(17,18)9-5-2-1-4-8(9)11(15)16/h3-4,6-7,9,13H,1-2,5H2,(H,15,16). The number of carboxylic acids is 1. The van der Waals surface area contributed by atoms with Crippen molar-refractivity contribution >= 4 is 27.6 Å². The predicted octanol–water partition coefficient (Wildman–Crippen LogP) is 1.58. The van der Waals surface area contributed by atoms with Gasteiger partial charge < -0.3 is 5.11 Å². The summed E-state index contributed by atoms with van der Waals surface area (Å²) in [7, 11) is -3.84. The van der Waals surface area contributed by atoms with Crippen LogP contribution in [0.4, 0.5) is 0 Å². The third kappa shape index (κ3) is 2.93. The first kappa shape index (κ1) is 14.0. The van der Waals surface area contributed by atoms with Crippen LogP contribution < -0.4 is 4.83 Å². The molecule has 0 aliphatic heterocycles. The number of aromatic nitrogens is 1. The fraction of sp³-hybridized carbons (Fsp3) is 0.364. The first-order valence-electron chi connectivity index (χ1n) is 5.69. The van der Waals surface area contributed by atoms with E-state index in [4.69, 9.17) is 16.7 Å². The van der Waals surface area contributed by atoms with Gasteiger partial charge in [-0.05, 0) is 31.4 Å². The van der Waals surface area contributed by atoms with Crippen molar-refractivity contribution in [3.63, 3.8) is 0 Å². The molecular weight excluding hydrogens is 292 g/mol. The molecule has 0 saturated carbocycles. The Morgan fingerprint density at radius 1 is 1.53 bits per heavy atom. The van der Waals surface area contributed by atoms with Crippen LogP contribution in [0.3, 0.4) is 0 Å². The third-order valence-corrected chi connectivity index (χ3v) is 4.93. The van der Waals surface area contributed by atoms with E-state index in [1.165, 1.54) is 18.3 Å². The lowest BCUT2D eigenvalue weighted by Gasteiger charge is -2.22. The Hall–Kier alpha value is -1.47. The van der Waals surface area contributed by atoms with Crippen LogP contribution in [-0.2, 0) is 14.8 Å². The third-order valence-electron chi connectivity index (χ3n) is 2.93. The number of nitrogens with zero attached hydrogens (tertiary/aromatic N) is 1. The molecule has 0 saturated heterocycles. The van der Waals surface area contributed by atoms with Crippen molar-refractivity contribution < 1.29 is 18.3 Å². The topological polar surface area (TPSA) is 88.4 Å². The van der Waals surface area contributed by atoms with Crippen molar-refractivity contribution in [2.24, 2.45) is 0 Å². The lowest BCUT2D eigenvalue weighted by molar-refractivity contribution is -0.132. The maximum atomic E-state index is 12.2. The SMILES string of the molecule is O=C(O)C1=CCCCC1S(=O)(=O)Nn1cccc1Cl. The first-order valence-corrected chi connectivity index (χ1v) is 7.62. The zero-order valence-corrected chi connectivity index (χ0v) is 11.5. The number of carboxylic acid groups (broad SMARTS) is 1. The summed E-state index contributed by atoms with van der Waals surface area (Å²) in [6, 6.07) is 3.11. The van der Waals surface area contributed by atoms with Crippen LogP contribution in [0, 0.1) is 0 Å². The molecule has 6 nitrogen and oxygen atoms in total. The summed E-state index contributed by atoms with van der Waals surface area (Å²) >= 11 is 5.79. The number of hydrogen-bond acceptors (Lipinski definition) is 3. The number of allylic oxidation sites excluding steroid dienone is 1. The molecule has 1 aromatic heterocycles. The molecule has 1 unspecified atom stereocenters. The van der Waals surface area contributed by atoms with Gasteiger partial charge >= 0.3 is 5.97 Å². The Morgan fingerprint density at radius 3 is 2.84 bits per heavy atom. The monoisotopic (exact) mass is 304 g/mol. The van der Waals surface area contributed by atoms with E-state index in [9.17, 15) is 13.2 Å². The van der Waals surface area contributed by atoms with Gasteiger partial charge in [-0.3, -0.25) is 0 Å². The summed E-state index contributed by atoms with van der Waals surface area (Å²) in [6.07, 6.45) is 4.42. The highest BCUT2D eigenvalue weighted by molar-refractivity contribution is 7.93. The highest BCUT2D eigenvalue weighted by atomic mass is 35.5. The van der Waals surface area contributed by atoms with Gasteiger partial charge in [-0.2, -0.15) is 0 Å². The number of halogens is 1. The van der Waals surface area contributed by atoms with Gasteiger partial charge in [0.15, 0.2) is 0 Å². The van der Waals surface area contributed by atoms with Crippen LogP contribution in [0.5, 0.6) is 0 Å². The number of carbonyl (C=O) groups is 1. The van der Waals surface area contributed by atoms with Gasteiger partial charge in [0.2, 0.25) is 0 Å². The van der Waals surface area contributed by atoms with Crippen molar-refractivity contribution in [2.75, 3.05) is 4.83 Å². The average Bonchev–Trinajstić information content (AvgIpc) is 2.74. The molecule has 0 spiro atoms. The highest BCUT2D eigenvalue weighted by Crippen LogP contribution is 2.25. The molecule has 2 N–H and O–H groups in total. The molecule has 0 aromatic carbocycles. The molecule has 19 heavy (non-hydrogen) atoms. The number of sulfonamides is 1. The normalized spacial score (nSPS) is 19.8. The maximum absolute atomic E-state index is 12.2. The Bertz CT molecular complexity index is 620. The molecule has 8 heteroatoms. The molecule has 1 heterocycles. The molecule has 0 amide bonds. The van der Waals surface area contributed by atoms with Crippen molar-refractivity contribution in [3.8, 4) is 0 Å². The molecule has 0 radical (unpaired) electrons. The van der Waals surface area contributed by atoms with Crippen LogP contribution in [0.1, 0.15) is 19.3 Å². The summed E-state index contributed by atoms with van der Waals surface area (Å²) in [5.74, 6) is -1.20. The van der Waals surface area contributed by atoms with Gasteiger partial charge in [0.25, 0.3) is 10.0 Å². The average molecular weight is 305 g/mol. The van der Waals surface area contributed by atoms with E-state index in [0.29, 0.717) is 12.8 Å². The lowest BCUT2D eigenvalue weighted by atomic mass is 9.99. The van der Waals surface area contributed by atoms with Gasteiger partial charge in [0, 0.05) is 6.20 Å². The Balaban J connectivity index is 2.29. The minimum atomic E-state index is -3.84. The summed E-state index contributed by atoms with van der Waals surface area (Å²) in [5.41, 5.74) is -0.0815. The van der Waals surface area contributed by atoms with Crippen LogP contribution in [0.25, 0.3) is 0 Å². The molecule has 104 valence electrons. The minimum absolute atomic E-state index is 0.0815. The van der Waals surface area contributed by atoms with E-state index in [1.54, 1.807) is 6.07 Å². The summed E-state index contributed by atoms with van der Waals surface area (Å²) in [6.45, 7) is 0. The second kappa shape index (κ2) is 5.26. The van der Waals surface area contributed by atoms with Gasteiger partial charge in [-0.15, -0.1) is 0 Å². The quantitative estimate of drug-likeness (QED) is 0.884. The van der Waals surface area contributed by atoms with Crippen LogP contribution >= 0.6 is 11.6 Å². The van der Waals surface area contributed by atoms with Gasteiger partial charge in [-0.1, -0.05) is 17.7 Å². The Morgan fingerprint density at radius 2 is 2.26 bits per heavy atom. The molecular formula is C11H13ClN2O4S. The molecule has 2 rings (SSSR count). The second-order valence-corrected chi connectivity index (χ2v) is 6.45. The lowest BCUT2D eigenvalue weighted by Crippen LogP contribution is -2.37. The van der Waals surface area contributed by atoms with Crippen molar-refractivity contribution in [1.29, 1.82) is 0 Å². The van der Waals surface area contributed by atoms with Crippen LogP contribution in [-0.4, -0.2) is 29.4 Å². The molecule has 1 atom stereocenters. The first-order chi connectivity index (χ1) is 8.92. The van der Waals surface area contributed by atoms with E-state index >= 15 is 0 Å². The molecule has 0 bridgehead atoms. The van der Waals surface area contributed by atoms with Crippen molar-refractivity contribution in [3.05, 3.63) is 35.1 Å². The highest BCUT2D eigenvalue weighted by Gasteiger charge is 2.34. The molecule has 1 aromatic rings. The zero-order valence-electron chi connectivity index (χ0n) is 9.91. The van der Waals surface area contributed by atoms with Gasteiger partial charge in [-0.25, -0.2) is 22.7 Å². The van der Waals surface area contributed by atoms with Crippen LogP contribution in [0.15, 0.2) is 30.0 Å². The van der Waals surface area contributed by atoms with Gasteiger partial charge in [0.05, 0.1) is 5.57 Å². The van der Waals surface area contributed by atoms with Gasteiger partial charge in [0.1, 0.15) is 10.4 Å². The fourth-order valence-corrected chi connectivity index (χ4v) is 3.82. The summed E-state index contributed by atoms with van der Waals surface area (Å²) < 4.78 is 25.6. The van der Waals surface area contributed by atoms with Crippen LogP contribution in [0.2, 0.25) is 5.15 Å². The van der Waals surface area contributed by atoms with E-state index in [2.05, 4.69) is 4.83 Å². The minimum Gasteiger partial charge on any atom is -0.478 e. The van der Waals surface area contributed by atoms with Crippen molar-refractivity contribution in [1.82, 2.24) is 4.68 Å². The zero-order chi connectivity index (χ0) is 14.0. The summed E-state index contributed by atoms with van der Waals surface area (Å²) in [4.78, 5) is 13.4. The van der Waals surface area contributed by atoms with E-state index in [-0.39, 0.29) is 17.1 Å². The molecule has 0 fully saturated rings. The van der Waals surface area contributed by atoms with E-state index in [0.717, 1.165) is 4.68 Å². The number of hydrogen-bond donors (Lipinski definition) is 2. The number of nitrogens with one attached hydrogen (secondary N) is 1. The summed E-state index contributed by atoms with van der Waals surface area (Å²) in [5, 5.41) is 8.21. The smallest absolute Gasteiger partial charge is 0.332 e. The van der Waals surface area contributed by atoms with E-state index < -0.39 is 21.2 Å². The van der Waals surface area contributed by atoms with E-state index in [1.807, 2.05) is 0 Å². The fourth-order valence-electron chi connectivity index (χ4n) is 2.03. The van der Waals surface area contributed by atoms with Crippen molar-refractivity contribution in [2.45, 2.75) is 24.5 Å². The second-order valence-electron chi connectivity index (χ2n) is 4.22.